The van der Waals surface area contributed by atoms with Crippen molar-refractivity contribution in [2.75, 3.05) is 6.61 Å². The molecule has 0 radical (unpaired) electrons. The van der Waals surface area contributed by atoms with E-state index in [9.17, 15) is 5.11 Å². The van der Waals surface area contributed by atoms with E-state index in [0.717, 1.165) is 25.0 Å². The van der Waals surface area contributed by atoms with Crippen molar-refractivity contribution in [1.82, 2.24) is 0 Å². The van der Waals surface area contributed by atoms with Gasteiger partial charge in [0.15, 0.2) is 0 Å². The molecule has 1 saturated carbocycles. The van der Waals surface area contributed by atoms with Gasteiger partial charge in [0.05, 0.1) is 11.7 Å². The topological polar surface area (TPSA) is 29.5 Å². The maximum Gasteiger partial charge on any atom is 0.0826 e. The second-order valence-electron chi connectivity index (χ2n) is 6.65. The van der Waals surface area contributed by atoms with Crippen molar-refractivity contribution in [3.63, 3.8) is 0 Å². The predicted octanol–water partition coefficient (Wildman–Crippen LogP) is 4.22. The summed E-state index contributed by atoms with van der Waals surface area (Å²) in [6.07, 6.45) is 5.22. The minimum Gasteiger partial charge on any atom is -0.388 e. The maximum absolute atomic E-state index is 10.9. The summed E-state index contributed by atoms with van der Waals surface area (Å²) in [6.45, 7) is 0.798. The van der Waals surface area contributed by atoms with Gasteiger partial charge in [-0.1, -0.05) is 42.5 Å². The highest BCUT2D eigenvalue weighted by Crippen LogP contribution is 2.47. The van der Waals surface area contributed by atoms with E-state index >= 15 is 0 Å². The van der Waals surface area contributed by atoms with Crippen LogP contribution in [0.15, 0.2) is 42.5 Å². The van der Waals surface area contributed by atoms with Crippen molar-refractivity contribution < 1.29 is 9.84 Å². The van der Waals surface area contributed by atoms with Crippen LogP contribution in [0.4, 0.5) is 0 Å². The molecule has 2 fully saturated rings. The van der Waals surface area contributed by atoms with E-state index in [1.807, 2.05) is 0 Å². The van der Waals surface area contributed by atoms with E-state index in [4.69, 9.17) is 4.74 Å². The van der Waals surface area contributed by atoms with Gasteiger partial charge < -0.3 is 9.84 Å². The van der Waals surface area contributed by atoms with Crippen molar-refractivity contribution >= 4 is 10.8 Å². The molecule has 2 aliphatic rings. The average molecular weight is 282 g/mol. The van der Waals surface area contributed by atoms with Crippen LogP contribution in [0.3, 0.4) is 0 Å². The highest BCUT2D eigenvalue weighted by molar-refractivity contribution is 5.86. The van der Waals surface area contributed by atoms with E-state index in [-0.39, 0.29) is 11.7 Å². The Bertz CT molecular complexity index is 640. The number of hydrogen-bond acceptors (Lipinski definition) is 2. The average Bonchev–Trinajstić information content (AvgIpc) is 2.52. The molecule has 0 aromatic heterocycles. The van der Waals surface area contributed by atoms with Crippen molar-refractivity contribution in [2.45, 2.75) is 43.8 Å². The molecule has 1 aliphatic heterocycles. The van der Waals surface area contributed by atoms with Gasteiger partial charge in [0.1, 0.15) is 0 Å². The molecular formula is C19H22O2. The SMILES string of the molecule is OC(c1cccc2ccccc12)C1CCOC2(CCC2)C1. The van der Waals surface area contributed by atoms with Gasteiger partial charge in [-0.25, -0.2) is 0 Å². The fourth-order valence-corrected chi connectivity index (χ4v) is 4.02. The van der Waals surface area contributed by atoms with Crippen LogP contribution in [0.2, 0.25) is 0 Å². The number of rotatable bonds is 2. The van der Waals surface area contributed by atoms with Gasteiger partial charge in [0.2, 0.25) is 0 Å². The van der Waals surface area contributed by atoms with Crippen molar-refractivity contribution in [3.05, 3.63) is 48.0 Å². The summed E-state index contributed by atoms with van der Waals surface area (Å²) in [6, 6.07) is 14.6. The summed E-state index contributed by atoms with van der Waals surface area (Å²) < 4.78 is 5.99. The Kier molecular flexibility index (Phi) is 3.24. The first-order valence-corrected chi connectivity index (χ1v) is 8.07. The largest absolute Gasteiger partial charge is 0.388 e. The molecule has 2 nitrogen and oxygen atoms in total. The smallest absolute Gasteiger partial charge is 0.0826 e. The second kappa shape index (κ2) is 5.11. The molecule has 110 valence electrons. The lowest BCUT2D eigenvalue weighted by molar-refractivity contribution is -0.157. The molecule has 0 bridgehead atoms. The zero-order valence-corrected chi connectivity index (χ0v) is 12.3. The Morgan fingerprint density at radius 3 is 2.71 bits per heavy atom. The lowest BCUT2D eigenvalue weighted by Gasteiger charge is -2.48. The molecule has 21 heavy (non-hydrogen) atoms. The van der Waals surface area contributed by atoms with Crippen LogP contribution in [-0.4, -0.2) is 17.3 Å². The van der Waals surface area contributed by atoms with Gasteiger partial charge >= 0.3 is 0 Å². The minimum absolute atomic E-state index is 0.0917. The number of ether oxygens (including phenoxy) is 1. The minimum atomic E-state index is -0.377. The van der Waals surface area contributed by atoms with E-state index in [1.165, 1.54) is 30.0 Å². The Hall–Kier alpha value is -1.38. The molecule has 2 unspecified atom stereocenters. The Balaban J connectivity index is 1.65. The van der Waals surface area contributed by atoms with Crippen molar-refractivity contribution in [2.24, 2.45) is 5.92 Å². The Labute approximate surface area is 125 Å². The first-order valence-electron chi connectivity index (χ1n) is 8.07. The van der Waals surface area contributed by atoms with Gasteiger partial charge in [-0.2, -0.15) is 0 Å². The van der Waals surface area contributed by atoms with Gasteiger partial charge in [-0.05, 0) is 54.4 Å². The molecule has 4 rings (SSSR count). The van der Waals surface area contributed by atoms with Crippen LogP contribution < -0.4 is 0 Å². The van der Waals surface area contributed by atoms with Gasteiger partial charge in [-0.15, -0.1) is 0 Å². The summed E-state index contributed by atoms with van der Waals surface area (Å²) in [5.41, 5.74) is 1.17. The third-order valence-corrected chi connectivity index (χ3v) is 5.38. The van der Waals surface area contributed by atoms with Gasteiger partial charge in [-0.3, -0.25) is 0 Å². The molecule has 1 aliphatic carbocycles. The zero-order chi connectivity index (χ0) is 14.3. The summed E-state index contributed by atoms with van der Waals surface area (Å²) in [5.74, 6) is 0.324. The molecule has 2 aromatic carbocycles. The third kappa shape index (κ3) is 2.27. The molecular weight excluding hydrogens is 260 g/mol. The summed E-state index contributed by atoms with van der Waals surface area (Å²) in [7, 11) is 0. The molecule has 0 amide bonds. The van der Waals surface area contributed by atoms with Crippen molar-refractivity contribution in [3.8, 4) is 0 Å². The molecule has 2 atom stereocenters. The molecule has 1 N–H and O–H groups in total. The normalized spacial score (nSPS) is 25.7. The standard InChI is InChI=1S/C19H22O2/c20-18(15-9-12-21-19(13-15)10-4-11-19)17-8-3-6-14-5-1-2-7-16(14)17/h1-3,5-8,15,18,20H,4,9-13H2. The molecule has 2 heteroatoms. The van der Waals surface area contributed by atoms with Crippen molar-refractivity contribution in [1.29, 1.82) is 0 Å². The van der Waals surface area contributed by atoms with E-state index in [1.54, 1.807) is 0 Å². The second-order valence-corrected chi connectivity index (χ2v) is 6.65. The first-order chi connectivity index (χ1) is 10.3. The van der Waals surface area contributed by atoms with Crippen LogP contribution in [0.25, 0.3) is 10.8 Å². The number of fused-ring (bicyclic) bond motifs is 1. The van der Waals surface area contributed by atoms with E-state index in [0.29, 0.717) is 5.92 Å². The quantitative estimate of drug-likeness (QED) is 0.893. The van der Waals surface area contributed by atoms with Gasteiger partial charge in [0.25, 0.3) is 0 Å². The van der Waals surface area contributed by atoms with Crippen LogP contribution in [0.1, 0.15) is 43.8 Å². The molecule has 2 aromatic rings. The van der Waals surface area contributed by atoms with Crippen LogP contribution in [0.5, 0.6) is 0 Å². The Morgan fingerprint density at radius 1 is 1.10 bits per heavy atom. The van der Waals surface area contributed by atoms with E-state index in [2.05, 4.69) is 42.5 Å². The fraction of sp³-hybridized carbons (Fsp3) is 0.474. The first kappa shape index (κ1) is 13.3. The number of aliphatic hydroxyl groups excluding tert-OH is 1. The maximum atomic E-state index is 10.9. The summed E-state index contributed by atoms with van der Waals surface area (Å²) in [5, 5.41) is 13.3. The Morgan fingerprint density at radius 2 is 1.90 bits per heavy atom. The number of benzene rings is 2. The third-order valence-electron chi connectivity index (χ3n) is 5.38. The van der Waals surface area contributed by atoms with Gasteiger partial charge in [0, 0.05) is 6.61 Å². The van der Waals surface area contributed by atoms with Crippen LogP contribution >= 0.6 is 0 Å². The lowest BCUT2D eigenvalue weighted by Crippen LogP contribution is -2.46. The zero-order valence-electron chi connectivity index (χ0n) is 12.3. The molecule has 1 heterocycles. The fourth-order valence-electron chi connectivity index (χ4n) is 4.02. The number of hydrogen-bond donors (Lipinski definition) is 1. The number of aliphatic hydroxyl groups is 1. The predicted molar refractivity (Wildman–Crippen MR) is 84.2 cm³/mol. The molecule has 1 saturated heterocycles. The van der Waals surface area contributed by atoms with E-state index < -0.39 is 0 Å². The summed E-state index contributed by atoms with van der Waals surface area (Å²) in [4.78, 5) is 0. The molecule has 1 spiro atoms. The van der Waals surface area contributed by atoms with Crippen LogP contribution in [0, 0.1) is 5.92 Å². The highest BCUT2D eigenvalue weighted by atomic mass is 16.5. The highest BCUT2D eigenvalue weighted by Gasteiger charge is 2.44. The lowest BCUT2D eigenvalue weighted by atomic mass is 9.70. The monoisotopic (exact) mass is 282 g/mol. The van der Waals surface area contributed by atoms with Crippen LogP contribution in [-0.2, 0) is 4.74 Å². The summed E-state index contributed by atoms with van der Waals surface area (Å²) >= 11 is 0.